The van der Waals surface area contributed by atoms with E-state index in [-0.39, 0.29) is 22.0 Å². The van der Waals surface area contributed by atoms with E-state index >= 15 is 0 Å². The van der Waals surface area contributed by atoms with Gasteiger partial charge in [0.25, 0.3) is 0 Å². The van der Waals surface area contributed by atoms with Crippen molar-refractivity contribution in [3.63, 3.8) is 0 Å². The highest BCUT2D eigenvalue weighted by molar-refractivity contribution is 7.91. The Morgan fingerprint density at radius 1 is 0.880 bits per heavy atom. The summed E-state index contributed by atoms with van der Waals surface area (Å²) >= 11 is 0. The highest BCUT2D eigenvalue weighted by atomic mass is 32.2. The number of rotatable bonds is 5. The Morgan fingerprint density at radius 3 is 2.20 bits per heavy atom. The van der Waals surface area contributed by atoms with Crippen LogP contribution in [0.15, 0.2) is 83.3 Å². The number of benzene rings is 3. The molecule has 126 valence electrons. The highest BCUT2D eigenvalue weighted by Crippen LogP contribution is 2.20. The zero-order valence-corrected chi connectivity index (χ0v) is 14.7. The lowest BCUT2D eigenvalue weighted by molar-refractivity contribution is -0.113. The number of Topliss-reactive ketones (excluding diaryl/α,β-unsaturated/α-hetero) is 1. The van der Waals surface area contributed by atoms with Gasteiger partial charge in [-0.2, -0.15) is 0 Å². The molecule has 0 aromatic heterocycles. The average molecular weight is 350 g/mol. The maximum Gasteiger partial charge on any atom is 0.182 e. The second kappa shape index (κ2) is 7.03. The van der Waals surface area contributed by atoms with E-state index in [0.717, 1.165) is 16.3 Å². The van der Waals surface area contributed by atoms with Crippen LogP contribution < -0.4 is 0 Å². The summed E-state index contributed by atoms with van der Waals surface area (Å²) in [6.45, 7) is 1.40. The average Bonchev–Trinajstić information content (AvgIpc) is 2.61. The van der Waals surface area contributed by atoms with Gasteiger partial charge in [-0.3, -0.25) is 4.79 Å². The Kier molecular flexibility index (Phi) is 4.81. The van der Waals surface area contributed by atoms with Crippen molar-refractivity contribution in [3.05, 3.63) is 83.9 Å². The molecule has 3 aromatic carbocycles. The summed E-state index contributed by atoms with van der Waals surface area (Å²) < 4.78 is 25.1. The van der Waals surface area contributed by atoms with E-state index in [1.165, 1.54) is 6.92 Å². The van der Waals surface area contributed by atoms with Crippen molar-refractivity contribution >= 4 is 32.5 Å². The third-order valence-corrected chi connectivity index (χ3v) is 5.70. The summed E-state index contributed by atoms with van der Waals surface area (Å²) in [6.07, 6.45) is 1.66. The van der Waals surface area contributed by atoms with Crippen LogP contribution in [-0.4, -0.2) is 20.0 Å². The molecule has 0 amide bonds. The van der Waals surface area contributed by atoms with Gasteiger partial charge in [0.2, 0.25) is 0 Å². The lowest BCUT2D eigenvalue weighted by Gasteiger charge is -2.07. The first-order chi connectivity index (χ1) is 12.0. The molecule has 0 fully saturated rings. The number of fused-ring (bicyclic) bond motifs is 1. The zero-order chi connectivity index (χ0) is 17.9. The number of hydrogen-bond acceptors (Lipinski definition) is 3. The maximum atomic E-state index is 12.6. The van der Waals surface area contributed by atoms with E-state index in [2.05, 4.69) is 0 Å². The standard InChI is InChI=1S/C21H18O3S/c1-16(22)20(15-25(23,24)21-9-3-2-4-10-21)14-17-11-12-18-7-5-6-8-19(18)13-17/h2-14H,15H2,1H3/b20-14+. The first kappa shape index (κ1) is 17.1. The van der Waals surface area contributed by atoms with E-state index in [4.69, 9.17) is 0 Å². The summed E-state index contributed by atoms with van der Waals surface area (Å²) in [6, 6.07) is 21.9. The summed E-state index contributed by atoms with van der Waals surface area (Å²) in [4.78, 5) is 12.2. The Hall–Kier alpha value is -2.72. The Bertz CT molecular complexity index is 1050. The van der Waals surface area contributed by atoms with Crippen molar-refractivity contribution in [2.24, 2.45) is 0 Å². The van der Waals surface area contributed by atoms with Gasteiger partial charge in [-0.05, 0) is 47.5 Å². The fourth-order valence-corrected chi connectivity index (χ4v) is 4.09. The number of carbonyl (C=O) groups is 1. The SMILES string of the molecule is CC(=O)/C(=C/c1ccc2ccccc2c1)CS(=O)(=O)c1ccccc1. The summed E-state index contributed by atoms with van der Waals surface area (Å²) in [5, 5.41) is 2.14. The van der Waals surface area contributed by atoms with Gasteiger partial charge in [-0.1, -0.05) is 54.6 Å². The number of ketones is 1. The van der Waals surface area contributed by atoms with Crippen molar-refractivity contribution in [2.75, 3.05) is 5.75 Å². The van der Waals surface area contributed by atoms with Crippen LogP contribution in [0.5, 0.6) is 0 Å². The van der Waals surface area contributed by atoms with Crippen molar-refractivity contribution < 1.29 is 13.2 Å². The fourth-order valence-electron chi connectivity index (χ4n) is 2.66. The molecule has 0 saturated carbocycles. The molecule has 0 radical (unpaired) electrons. The molecule has 3 rings (SSSR count). The monoisotopic (exact) mass is 350 g/mol. The molecule has 0 bridgehead atoms. The Labute approximate surface area is 147 Å². The van der Waals surface area contributed by atoms with Crippen LogP contribution in [-0.2, 0) is 14.6 Å². The maximum absolute atomic E-state index is 12.6. The molecule has 3 aromatic rings. The van der Waals surface area contributed by atoms with Gasteiger partial charge in [-0.15, -0.1) is 0 Å². The van der Waals surface area contributed by atoms with Gasteiger partial charge in [-0.25, -0.2) is 8.42 Å². The van der Waals surface area contributed by atoms with Crippen molar-refractivity contribution in [3.8, 4) is 0 Å². The van der Waals surface area contributed by atoms with Crippen molar-refractivity contribution in [1.29, 1.82) is 0 Å². The second-order valence-corrected chi connectivity index (χ2v) is 7.89. The normalized spacial score (nSPS) is 12.3. The summed E-state index contributed by atoms with van der Waals surface area (Å²) in [5.74, 6) is -0.549. The van der Waals surface area contributed by atoms with Gasteiger partial charge >= 0.3 is 0 Å². The topological polar surface area (TPSA) is 51.2 Å². The predicted molar refractivity (Wildman–Crippen MR) is 101 cm³/mol. The molecule has 4 heteroatoms. The van der Waals surface area contributed by atoms with Crippen LogP contribution in [0.1, 0.15) is 12.5 Å². The molecule has 3 nitrogen and oxygen atoms in total. The number of carbonyl (C=O) groups excluding carboxylic acids is 1. The molecular weight excluding hydrogens is 332 g/mol. The molecule has 0 aliphatic heterocycles. The molecule has 0 unspecified atom stereocenters. The van der Waals surface area contributed by atoms with Gasteiger partial charge in [0.15, 0.2) is 15.6 Å². The molecule has 0 heterocycles. The van der Waals surface area contributed by atoms with Crippen molar-refractivity contribution in [2.45, 2.75) is 11.8 Å². The molecule has 0 saturated heterocycles. The Balaban J connectivity index is 1.97. The largest absolute Gasteiger partial charge is 0.295 e. The lowest BCUT2D eigenvalue weighted by Crippen LogP contribution is -2.13. The van der Waals surface area contributed by atoms with E-state index < -0.39 is 9.84 Å². The summed E-state index contributed by atoms with van der Waals surface area (Å²) in [5.41, 5.74) is 1.09. The number of hydrogen-bond donors (Lipinski definition) is 0. The Morgan fingerprint density at radius 2 is 1.52 bits per heavy atom. The predicted octanol–water partition coefficient (Wildman–Crippen LogP) is 4.29. The first-order valence-corrected chi connectivity index (χ1v) is 9.59. The van der Waals surface area contributed by atoms with E-state index in [1.54, 1.807) is 36.4 Å². The minimum atomic E-state index is -3.56. The quantitative estimate of drug-likeness (QED) is 0.645. The lowest BCUT2D eigenvalue weighted by atomic mass is 10.0. The second-order valence-electron chi connectivity index (χ2n) is 5.90. The number of sulfone groups is 1. The molecule has 0 aliphatic carbocycles. The summed E-state index contributed by atoms with van der Waals surface area (Å²) in [7, 11) is -3.56. The van der Waals surface area contributed by atoms with E-state index in [0.29, 0.717) is 0 Å². The minimum absolute atomic E-state index is 0.223. The molecular formula is C21H18O3S. The van der Waals surface area contributed by atoms with Crippen LogP contribution in [0.25, 0.3) is 16.8 Å². The minimum Gasteiger partial charge on any atom is -0.295 e. The van der Waals surface area contributed by atoms with Gasteiger partial charge in [0.1, 0.15) is 0 Å². The van der Waals surface area contributed by atoms with Crippen LogP contribution in [0.2, 0.25) is 0 Å². The molecule has 0 aliphatic rings. The zero-order valence-electron chi connectivity index (χ0n) is 13.8. The third kappa shape index (κ3) is 4.03. The van der Waals surface area contributed by atoms with Crippen molar-refractivity contribution in [1.82, 2.24) is 0 Å². The molecule has 25 heavy (non-hydrogen) atoms. The van der Waals surface area contributed by atoms with Gasteiger partial charge in [0, 0.05) is 5.57 Å². The van der Waals surface area contributed by atoms with Crippen LogP contribution in [0, 0.1) is 0 Å². The van der Waals surface area contributed by atoms with Crippen LogP contribution in [0.4, 0.5) is 0 Å². The highest BCUT2D eigenvalue weighted by Gasteiger charge is 2.19. The first-order valence-electron chi connectivity index (χ1n) is 7.94. The fraction of sp³-hybridized carbons (Fsp3) is 0.0952. The third-order valence-electron chi connectivity index (χ3n) is 4.01. The molecule has 0 atom stereocenters. The smallest absolute Gasteiger partial charge is 0.182 e. The molecule has 0 spiro atoms. The van der Waals surface area contributed by atoms with E-state index in [9.17, 15) is 13.2 Å². The van der Waals surface area contributed by atoms with Crippen LogP contribution >= 0.6 is 0 Å². The van der Waals surface area contributed by atoms with Gasteiger partial charge in [0.05, 0.1) is 10.6 Å². The van der Waals surface area contributed by atoms with Gasteiger partial charge < -0.3 is 0 Å². The van der Waals surface area contributed by atoms with Crippen LogP contribution in [0.3, 0.4) is 0 Å². The molecule has 0 N–H and O–H groups in total. The van der Waals surface area contributed by atoms with E-state index in [1.807, 2.05) is 42.5 Å².